The van der Waals surface area contributed by atoms with Crippen LogP contribution in [0.4, 0.5) is 0 Å². The molecule has 1 aliphatic heterocycles. The van der Waals surface area contributed by atoms with Crippen LogP contribution in [0.25, 0.3) is 10.1 Å². The molecule has 1 N–H and O–H groups in total. The average molecular weight is 590 g/mol. The molecule has 11 heteroatoms. The first kappa shape index (κ1) is 29.0. The van der Waals surface area contributed by atoms with Crippen LogP contribution in [0.1, 0.15) is 54.9 Å². The van der Waals surface area contributed by atoms with Crippen molar-refractivity contribution in [2.75, 3.05) is 19.3 Å². The Balaban J connectivity index is 1.59. The Bertz CT molecular complexity index is 1490. The van der Waals surface area contributed by atoms with E-state index in [1.807, 2.05) is 53.4 Å². The highest BCUT2D eigenvalue weighted by atomic mass is 35.5. The highest BCUT2D eigenvalue weighted by Gasteiger charge is 2.54. The number of likely N-dealkylation sites (tertiary alicyclic amines) is 1. The number of carbonyl (C=O) groups is 3. The van der Waals surface area contributed by atoms with E-state index in [0.29, 0.717) is 36.4 Å². The summed E-state index contributed by atoms with van der Waals surface area (Å²) in [6.07, 6.45) is 2.90. The number of benzene rings is 2. The first-order valence-electron chi connectivity index (χ1n) is 12.9. The van der Waals surface area contributed by atoms with Crippen molar-refractivity contribution in [3.63, 3.8) is 0 Å². The summed E-state index contributed by atoms with van der Waals surface area (Å²) in [4.78, 5) is 43.5. The second-order valence-electron chi connectivity index (χ2n) is 9.89. The molecule has 208 valence electrons. The van der Waals surface area contributed by atoms with Crippen LogP contribution in [-0.4, -0.2) is 60.8 Å². The van der Waals surface area contributed by atoms with Gasteiger partial charge in [0.2, 0.25) is 21.8 Å². The van der Waals surface area contributed by atoms with Gasteiger partial charge in [0, 0.05) is 46.5 Å². The monoisotopic (exact) mass is 589 g/mol. The fraction of sp³-hybridized carbons (Fsp3) is 0.393. The Morgan fingerprint density at radius 1 is 1.15 bits per heavy atom. The number of fused-ring (bicyclic) bond motifs is 1. The third kappa shape index (κ3) is 6.62. The number of hydrogen-bond acceptors (Lipinski definition) is 6. The normalized spacial score (nSPS) is 17.1. The largest absolute Gasteiger partial charge is 0.336 e. The Labute approximate surface area is 238 Å². The standard InChI is InChI=1S/C28H32ClN3O5S2/c1-3-13-28(14-16-32(28)26(34)23-19-38-24-11-5-4-10-22(23)24)27(35)31(18-20-8-6-9-21(29)17-20)15-7-12-25(33)30-39(2,36)37/h4-6,8-11,17,19H,3,7,12-16,18H2,1-2H3,(H,30,33). The second kappa shape index (κ2) is 12.1. The van der Waals surface area contributed by atoms with Crippen molar-refractivity contribution < 1.29 is 22.8 Å². The van der Waals surface area contributed by atoms with E-state index < -0.39 is 21.5 Å². The van der Waals surface area contributed by atoms with E-state index in [9.17, 15) is 22.8 Å². The smallest absolute Gasteiger partial charge is 0.256 e. The lowest BCUT2D eigenvalue weighted by Crippen LogP contribution is -2.69. The SMILES string of the molecule is CCCC1(C(=O)N(CCCC(=O)NS(C)(=O)=O)Cc2cccc(Cl)c2)CCN1C(=O)c1csc2ccccc12. The predicted octanol–water partition coefficient (Wildman–Crippen LogP) is 4.82. The number of halogens is 1. The molecule has 1 unspecified atom stereocenters. The van der Waals surface area contributed by atoms with Crippen molar-refractivity contribution in [1.29, 1.82) is 0 Å². The van der Waals surface area contributed by atoms with E-state index in [0.717, 1.165) is 21.9 Å². The zero-order valence-corrected chi connectivity index (χ0v) is 24.4. The highest BCUT2D eigenvalue weighted by molar-refractivity contribution is 7.89. The maximum absolute atomic E-state index is 14.3. The molecule has 3 amide bonds. The summed E-state index contributed by atoms with van der Waals surface area (Å²) >= 11 is 7.70. The molecule has 2 heterocycles. The molecule has 4 rings (SSSR count). The van der Waals surface area contributed by atoms with Gasteiger partial charge in [0.1, 0.15) is 5.54 Å². The van der Waals surface area contributed by atoms with Gasteiger partial charge in [-0.25, -0.2) is 8.42 Å². The van der Waals surface area contributed by atoms with Crippen LogP contribution >= 0.6 is 22.9 Å². The van der Waals surface area contributed by atoms with Gasteiger partial charge >= 0.3 is 0 Å². The number of nitrogens with zero attached hydrogens (tertiary/aromatic N) is 2. The number of amides is 3. The summed E-state index contributed by atoms with van der Waals surface area (Å²) in [5.74, 6) is -0.955. The minimum absolute atomic E-state index is 0.0588. The molecule has 1 fully saturated rings. The maximum atomic E-state index is 14.3. The first-order chi connectivity index (χ1) is 18.5. The molecule has 1 aromatic heterocycles. The molecule has 0 bridgehead atoms. The second-order valence-corrected chi connectivity index (χ2v) is 13.0. The van der Waals surface area contributed by atoms with Crippen LogP contribution in [0, 0.1) is 0 Å². The van der Waals surface area contributed by atoms with Gasteiger partial charge in [0.15, 0.2) is 0 Å². The van der Waals surface area contributed by atoms with Crippen molar-refractivity contribution in [2.24, 2.45) is 0 Å². The van der Waals surface area contributed by atoms with Crippen LogP contribution in [0.5, 0.6) is 0 Å². The van der Waals surface area contributed by atoms with Crippen molar-refractivity contribution >= 4 is 60.8 Å². The van der Waals surface area contributed by atoms with Crippen LogP contribution in [0.2, 0.25) is 5.02 Å². The van der Waals surface area contributed by atoms with Crippen molar-refractivity contribution in [3.8, 4) is 0 Å². The Hall–Kier alpha value is -2.95. The molecule has 0 saturated carbocycles. The fourth-order valence-corrected chi connectivity index (χ4v) is 6.84. The van der Waals surface area contributed by atoms with E-state index >= 15 is 0 Å². The topological polar surface area (TPSA) is 104 Å². The lowest BCUT2D eigenvalue weighted by Gasteiger charge is -2.53. The minimum atomic E-state index is -3.66. The zero-order chi connectivity index (χ0) is 28.2. The summed E-state index contributed by atoms with van der Waals surface area (Å²) in [6, 6.07) is 15.0. The summed E-state index contributed by atoms with van der Waals surface area (Å²) in [7, 11) is -3.66. The molecule has 0 radical (unpaired) electrons. The highest BCUT2D eigenvalue weighted by Crippen LogP contribution is 2.40. The minimum Gasteiger partial charge on any atom is -0.336 e. The van der Waals surface area contributed by atoms with Crippen LogP contribution in [-0.2, 0) is 26.2 Å². The van der Waals surface area contributed by atoms with Crippen molar-refractivity contribution in [2.45, 2.75) is 51.1 Å². The predicted molar refractivity (Wildman–Crippen MR) is 154 cm³/mol. The Morgan fingerprint density at radius 2 is 1.92 bits per heavy atom. The molecule has 1 saturated heterocycles. The molecule has 1 aliphatic rings. The van der Waals surface area contributed by atoms with E-state index in [4.69, 9.17) is 11.6 Å². The molecular weight excluding hydrogens is 558 g/mol. The maximum Gasteiger partial charge on any atom is 0.256 e. The van der Waals surface area contributed by atoms with Gasteiger partial charge < -0.3 is 9.80 Å². The van der Waals surface area contributed by atoms with Gasteiger partial charge in [0.05, 0.1) is 11.8 Å². The summed E-state index contributed by atoms with van der Waals surface area (Å²) in [5.41, 5.74) is 0.439. The van der Waals surface area contributed by atoms with E-state index in [1.54, 1.807) is 21.9 Å². The molecule has 0 aliphatic carbocycles. The number of hydrogen-bond donors (Lipinski definition) is 1. The molecule has 8 nitrogen and oxygen atoms in total. The number of rotatable bonds is 11. The Kier molecular flexibility index (Phi) is 8.98. The molecule has 3 aromatic rings. The molecule has 39 heavy (non-hydrogen) atoms. The van der Waals surface area contributed by atoms with E-state index in [1.165, 1.54) is 11.3 Å². The molecular formula is C28H32ClN3O5S2. The van der Waals surface area contributed by atoms with Crippen molar-refractivity contribution in [3.05, 3.63) is 70.1 Å². The van der Waals surface area contributed by atoms with Gasteiger partial charge in [-0.05, 0) is 43.0 Å². The third-order valence-corrected chi connectivity index (χ3v) is 8.76. The number of thiophene rings is 1. The number of carbonyl (C=O) groups excluding carboxylic acids is 3. The van der Waals surface area contributed by atoms with Crippen LogP contribution in [0.3, 0.4) is 0 Å². The zero-order valence-electron chi connectivity index (χ0n) is 22.0. The van der Waals surface area contributed by atoms with Gasteiger partial charge in [0.25, 0.3) is 5.91 Å². The van der Waals surface area contributed by atoms with Gasteiger partial charge in [-0.3, -0.25) is 19.1 Å². The van der Waals surface area contributed by atoms with E-state index in [2.05, 4.69) is 0 Å². The molecule has 1 atom stereocenters. The fourth-order valence-electron chi connectivity index (χ4n) is 5.17. The number of sulfonamides is 1. The summed E-state index contributed by atoms with van der Waals surface area (Å²) in [6.45, 7) is 2.95. The van der Waals surface area contributed by atoms with Crippen LogP contribution in [0.15, 0.2) is 53.9 Å². The van der Waals surface area contributed by atoms with Gasteiger partial charge in [-0.1, -0.05) is 55.3 Å². The van der Waals surface area contributed by atoms with Crippen molar-refractivity contribution in [1.82, 2.24) is 14.5 Å². The Morgan fingerprint density at radius 3 is 2.59 bits per heavy atom. The number of nitrogens with one attached hydrogen (secondary N) is 1. The van der Waals surface area contributed by atoms with Gasteiger partial charge in [-0.15, -0.1) is 11.3 Å². The summed E-state index contributed by atoms with van der Waals surface area (Å²) < 4.78 is 25.8. The quantitative estimate of drug-likeness (QED) is 0.345. The van der Waals surface area contributed by atoms with Gasteiger partial charge in [-0.2, -0.15) is 0 Å². The lowest BCUT2D eigenvalue weighted by molar-refractivity contribution is -0.152. The lowest BCUT2D eigenvalue weighted by atomic mass is 9.78. The average Bonchev–Trinajstić information content (AvgIpc) is 3.29. The molecule has 0 spiro atoms. The summed E-state index contributed by atoms with van der Waals surface area (Å²) in [5, 5.41) is 3.28. The first-order valence-corrected chi connectivity index (χ1v) is 16.0. The third-order valence-electron chi connectivity index (χ3n) is 6.96. The van der Waals surface area contributed by atoms with Crippen LogP contribution < -0.4 is 4.72 Å². The van der Waals surface area contributed by atoms with E-state index in [-0.39, 0.29) is 37.7 Å². The molecule has 2 aromatic carbocycles.